The highest BCUT2D eigenvalue weighted by atomic mass is 32.1. The molecule has 3 aromatic heterocycles. The van der Waals surface area contributed by atoms with Crippen molar-refractivity contribution < 1.29 is 13.2 Å². The molecule has 0 atom stereocenters. The van der Waals surface area contributed by atoms with E-state index >= 15 is 0 Å². The first-order valence-electron chi connectivity index (χ1n) is 8.12. The minimum absolute atomic E-state index is 0.0710. The van der Waals surface area contributed by atoms with Gasteiger partial charge < -0.3 is 5.32 Å². The third-order valence-electron chi connectivity index (χ3n) is 3.87. The fourth-order valence-corrected chi connectivity index (χ4v) is 3.46. The molecule has 0 radical (unpaired) electrons. The fraction of sp³-hybridized carbons (Fsp3) is 0.111. The monoisotopic (exact) mass is 403 g/mol. The second-order valence-corrected chi connectivity index (χ2v) is 6.85. The van der Waals surface area contributed by atoms with Crippen LogP contribution >= 0.6 is 11.3 Å². The number of rotatable bonds is 4. The van der Waals surface area contributed by atoms with Crippen molar-refractivity contribution in [2.24, 2.45) is 0 Å². The van der Waals surface area contributed by atoms with Gasteiger partial charge in [0.05, 0.1) is 10.2 Å². The lowest BCUT2D eigenvalue weighted by atomic mass is 10.2. The summed E-state index contributed by atoms with van der Waals surface area (Å²) >= 11 is 1.09. The Morgan fingerprint density at radius 3 is 2.68 bits per heavy atom. The molecule has 0 saturated heterocycles. The Hall–Kier alpha value is -3.27. The number of alkyl halides is 3. The Bertz CT molecular complexity index is 1150. The third kappa shape index (κ3) is 3.58. The van der Waals surface area contributed by atoms with E-state index in [2.05, 4.69) is 20.4 Å². The molecule has 1 N–H and O–H groups in total. The van der Waals surface area contributed by atoms with E-state index in [1.165, 1.54) is 0 Å². The number of hydrogen-bond acceptors (Lipinski definition) is 6. The molecular formula is C18H12F3N5OS. The maximum absolute atomic E-state index is 13.3. The van der Waals surface area contributed by atoms with Crippen LogP contribution in [0, 0.1) is 0 Å². The average Bonchev–Trinajstić information content (AvgIpc) is 3.11. The van der Waals surface area contributed by atoms with E-state index in [-0.39, 0.29) is 17.4 Å². The highest BCUT2D eigenvalue weighted by Crippen LogP contribution is 2.29. The van der Waals surface area contributed by atoms with Crippen LogP contribution in [0.25, 0.3) is 15.3 Å². The molecule has 0 amide bonds. The lowest BCUT2D eigenvalue weighted by Gasteiger charge is -2.12. The number of benzene rings is 1. The normalized spacial score (nSPS) is 11.7. The standard InChI is InChI=1S/C18H12F3N5OS/c19-18(20,21)15-8-13(23-10-11-4-3-7-22-9-11)16(27)26(25-15)17-24-12-5-1-2-6-14(12)28-17/h1-9,23H,10H2. The van der Waals surface area contributed by atoms with Gasteiger partial charge in [0, 0.05) is 18.9 Å². The van der Waals surface area contributed by atoms with Gasteiger partial charge in [0.1, 0.15) is 5.69 Å². The van der Waals surface area contributed by atoms with Crippen LogP contribution in [0.2, 0.25) is 0 Å². The molecule has 0 unspecified atom stereocenters. The van der Waals surface area contributed by atoms with Crippen molar-refractivity contribution in [2.45, 2.75) is 12.7 Å². The molecule has 4 aromatic rings. The van der Waals surface area contributed by atoms with Crippen molar-refractivity contribution in [1.29, 1.82) is 0 Å². The zero-order chi connectivity index (χ0) is 19.7. The topological polar surface area (TPSA) is 72.7 Å². The van der Waals surface area contributed by atoms with Crippen LogP contribution in [0.5, 0.6) is 0 Å². The van der Waals surface area contributed by atoms with Crippen molar-refractivity contribution >= 4 is 27.2 Å². The number of pyridine rings is 1. The predicted molar refractivity (Wildman–Crippen MR) is 99.6 cm³/mol. The number of para-hydroxylation sites is 1. The number of hydrogen-bond donors (Lipinski definition) is 1. The van der Waals surface area contributed by atoms with Gasteiger partial charge in [0.25, 0.3) is 5.56 Å². The number of fused-ring (bicyclic) bond motifs is 1. The zero-order valence-electron chi connectivity index (χ0n) is 14.1. The molecule has 0 aliphatic heterocycles. The molecule has 1 aromatic carbocycles. The largest absolute Gasteiger partial charge is 0.435 e. The van der Waals surface area contributed by atoms with Crippen LogP contribution in [0.1, 0.15) is 11.3 Å². The van der Waals surface area contributed by atoms with Crippen LogP contribution in [0.4, 0.5) is 18.9 Å². The summed E-state index contributed by atoms with van der Waals surface area (Å²) in [5.74, 6) is 0. The van der Waals surface area contributed by atoms with Crippen LogP contribution < -0.4 is 10.9 Å². The minimum Gasteiger partial charge on any atom is -0.376 e. The molecular weight excluding hydrogens is 391 g/mol. The Balaban J connectivity index is 1.80. The van der Waals surface area contributed by atoms with Gasteiger partial charge in [-0.2, -0.15) is 23.0 Å². The number of halogens is 3. The van der Waals surface area contributed by atoms with Gasteiger partial charge >= 0.3 is 6.18 Å². The van der Waals surface area contributed by atoms with Gasteiger partial charge in [0.2, 0.25) is 5.13 Å². The van der Waals surface area contributed by atoms with Crippen molar-refractivity contribution in [2.75, 3.05) is 5.32 Å². The molecule has 10 heteroatoms. The van der Waals surface area contributed by atoms with Crippen molar-refractivity contribution in [3.05, 3.63) is 76.5 Å². The third-order valence-corrected chi connectivity index (χ3v) is 4.88. The van der Waals surface area contributed by atoms with Crippen molar-refractivity contribution in [3.8, 4) is 5.13 Å². The SMILES string of the molecule is O=c1c(NCc2cccnc2)cc(C(F)(F)F)nn1-c1nc2ccccc2s1. The highest BCUT2D eigenvalue weighted by molar-refractivity contribution is 7.20. The molecule has 3 heterocycles. The van der Waals surface area contributed by atoms with Gasteiger partial charge in [-0.15, -0.1) is 0 Å². The molecule has 0 fully saturated rings. The molecule has 28 heavy (non-hydrogen) atoms. The quantitative estimate of drug-likeness (QED) is 0.560. The van der Waals surface area contributed by atoms with E-state index < -0.39 is 17.4 Å². The molecule has 142 valence electrons. The van der Waals surface area contributed by atoms with Gasteiger partial charge in [-0.25, -0.2) is 4.98 Å². The molecule has 0 saturated carbocycles. The summed E-state index contributed by atoms with van der Waals surface area (Å²) in [4.78, 5) is 21.0. The lowest BCUT2D eigenvalue weighted by molar-refractivity contribution is -0.142. The first-order valence-corrected chi connectivity index (χ1v) is 8.94. The number of nitrogens with one attached hydrogen (secondary N) is 1. The maximum Gasteiger partial charge on any atom is 0.435 e. The molecule has 0 aliphatic rings. The second kappa shape index (κ2) is 7.04. The summed E-state index contributed by atoms with van der Waals surface area (Å²) < 4.78 is 41.4. The molecule has 0 spiro atoms. The van der Waals surface area contributed by atoms with Gasteiger partial charge in [-0.3, -0.25) is 9.78 Å². The van der Waals surface area contributed by atoms with Crippen molar-refractivity contribution in [1.82, 2.24) is 19.7 Å². The van der Waals surface area contributed by atoms with Gasteiger partial charge in [-0.05, 0) is 29.8 Å². The van der Waals surface area contributed by atoms with E-state index in [1.807, 2.05) is 0 Å². The Kier molecular flexibility index (Phi) is 4.55. The molecule has 6 nitrogen and oxygen atoms in total. The lowest BCUT2D eigenvalue weighted by Crippen LogP contribution is -2.27. The summed E-state index contributed by atoms with van der Waals surface area (Å²) in [6.45, 7) is 0.143. The zero-order valence-corrected chi connectivity index (χ0v) is 15.0. The van der Waals surface area contributed by atoms with E-state index in [4.69, 9.17) is 0 Å². The summed E-state index contributed by atoms with van der Waals surface area (Å²) in [6, 6.07) is 11.2. The van der Waals surface area contributed by atoms with Crippen molar-refractivity contribution in [3.63, 3.8) is 0 Å². The summed E-state index contributed by atoms with van der Waals surface area (Å²) in [5.41, 5.74) is -0.807. The molecule has 0 aliphatic carbocycles. The first kappa shape index (κ1) is 18.1. The molecule has 0 bridgehead atoms. The van der Waals surface area contributed by atoms with Crippen LogP contribution in [-0.4, -0.2) is 19.7 Å². The minimum atomic E-state index is -4.71. The van der Waals surface area contributed by atoms with E-state index in [0.717, 1.165) is 21.6 Å². The second-order valence-electron chi connectivity index (χ2n) is 5.84. The van der Waals surface area contributed by atoms with Gasteiger partial charge in [0.15, 0.2) is 5.69 Å². The van der Waals surface area contributed by atoms with E-state index in [9.17, 15) is 18.0 Å². The van der Waals surface area contributed by atoms with E-state index in [0.29, 0.717) is 16.3 Å². The van der Waals surface area contributed by atoms with Crippen LogP contribution in [0.3, 0.4) is 0 Å². The predicted octanol–water partition coefficient (Wildman–Crippen LogP) is 3.87. The Labute approximate surface area is 160 Å². The highest BCUT2D eigenvalue weighted by Gasteiger charge is 2.35. The molecule has 4 rings (SSSR count). The fourth-order valence-electron chi connectivity index (χ4n) is 2.54. The summed E-state index contributed by atoms with van der Waals surface area (Å²) in [5, 5.41) is 6.32. The van der Waals surface area contributed by atoms with Crippen LogP contribution in [0.15, 0.2) is 59.7 Å². The number of aromatic nitrogens is 4. The Morgan fingerprint density at radius 1 is 1.14 bits per heavy atom. The van der Waals surface area contributed by atoms with Gasteiger partial charge in [-0.1, -0.05) is 29.5 Å². The smallest absolute Gasteiger partial charge is 0.376 e. The van der Waals surface area contributed by atoms with E-state index in [1.54, 1.807) is 48.8 Å². The average molecular weight is 403 g/mol. The maximum atomic E-state index is 13.3. The Morgan fingerprint density at radius 2 is 1.96 bits per heavy atom. The van der Waals surface area contributed by atoms with Crippen LogP contribution in [-0.2, 0) is 12.7 Å². The number of anilines is 1. The summed E-state index contributed by atoms with van der Waals surface area (Å²) in [7, 11) is 0. The first-order chi connectivity index (χ1) is 13.4. The number of thiazole rings is 1. The number of nitrogens with zero attached hydrogens (tertiary/aromatic N) is 4. The summed E-state index contributed by atoms with van der Waals surface area (Å²) in [6.07, 6.45) is -1.57.